The van der Waals surface area contributed by atoms with Gasteiger partial charge in [-0.25, -0.2) is 4.39 Å². The van der Waals surface area contributed by atoms with Crippen molar-refractivity contribution in [3.05, 3.63) is 47.0 Å². The Morgan fingerprint density at radius 1 is 1.30 bits per heavy atom. The highest BCUT2D eigenvalue weighted by molar-refractivity contribution is 5.37. The van der Waals surface area contributed by atoms with E-state index in [0.29, 0.717) is 18.6 Å². The molecule has 1 N–H and O–H groups in total. The third-order valence-electron chi connectivity index (χ3n) is 3.25. The van der Waals surface area contributed by atoms with E-state index >= 15 is 0 Å². The van der Waals surface area contributed by atoms with Gasteiger partial charge in [-0.1, -0.05) is 0 Å². The summed E-state index contributed by atoms with van der Waals surface area (Å²) in [6.07, 6.45) is -1.69. The SMILES string of the molecule is CNC(C1=COCCC1)c1cc(F)ccc1C(F)(F)F. The van der Waals surface area contributed by atoms with E-state index in [0.717, 1.165) is 24.6 Å². The van der Waals surface area contributed by atoms with Crippen molar-refractivity contribution in [3.8, 4) is 0 Å². The molecule has 1 aromatic carbocycles. The quantitative estimate of drug-likeness (QED) is 0.855. The Balaban J connectivity index is 2.48. The Bertz CT molecular complexity index is 510. The van der Waals surface area contributed by atoms with Crippen LogP contribution in [0.4, 0.5) is 17.6 Å². The lowest BCUT2D eigenvalue weighted by Gasteiger charge is -2.26. The van der Waals surface area contributed by atoms with E-state index in [1.165, 1.54) is 6.26 Å². The monoisotopic (exact) mass is 289 g/mol. The molecule has 0 saturated carbocycles. The topological polar surface area (TPSA) is 21.3 Å². The minimum atomic E-state index is -4.52. The summed E-state index contributed by atoms with van der Waals surface area (Å²) >= 11 is 0. The molecule has 0 aromatic heterocycles. The van der Waals surface area contributed by atoms with Crippen LogP contribution in [-0.2, 0) is 10.9 Å². The van der Waals surface area contributed by atoms with Crippen LogP contribution in [0.2, 0.25) is 0 Å². The van der Waals surface area contributed by atoms with Gasteiger partial charge < -0.3 is 10.1 Å². The first-order valence-electron chi connectivity index (χ1n) is 6.28. The number of nitrogens with one attached hydrogen (secondary N) is 1. The molecule has 2 nitrogen and oxygen atoms in total. The number of alkyl halides is 3. The van der Waals surface area contributed by atoms with Gasteiger partial charge in [-0.05, 0) is 49.2 Å². The molecule has 0 bridgehead atoms. The van der Waals surface area contributed by atoms with Crippen LogP contribution in [0.5, 0.6) is 0 Å². The minimum Gasteiger partial charge on any atom is -0.501 e. The van der Waals surface area contributed by atoms with Gasteiger partial charge in [0.2, 0.25) is 0 Å². The zero-order chi connectivity index (χ0) is 14.8. The summed E-state index contributed by atoms with van der Waals surface area (Å²) in [7, 11) is 1.55. The van der Waals surface area contributed by atoms with E-state index in [-0.39, 0.29) is 5.56 Å². The zero-order valence-corrected chi connectivity index (χ0v) is 10.9. The average molecular weight is 289 g/mol. The number of hydrogen-bond acceptors (Lipinski definition) is 2. The van der Waals surface area contributed by atoms with Crippen molar-refractivity contribution in [1.82, 2.24) is 5.32 Å². The highest BCUT2D eigenvalue weighted by Gasteiger charge is 2.36. The van der Waals surface area contributed by atoms with Crippen LogP contribution < -0.4 is 5.32 Å². The fourth-order valence-electron chi connectivity index (χ4n) is 2.37. The lowest BCUT2D eigenvalue weighted by Crippen LogP contribution is -2.24. The molecule has 1 aliphatic rings. The van der Waals surface area contributed by atoms with Gasteiger partial charge in [0.15, 0.2) is 0 Å². The number of halogens is 4. The van der Waals surface area contributed by atoms with Crippen molar-refractivity contribution < 1.29 is 22.3 Å². The van der Waals surface area contributed by atoms with Crippen molar-refractivity contribution in [2.75, 3.05) is 13.7 Å². The van der Waals surface area contributed by atoms with E-state index < -0.39 is 23.6 Å². The molecule has 0 fully saturated rings. The highest BCUT2D eigenvalue weighted by Crippen LogP contribution is 2.38. The molecular formula is C14H15F4NO. The maximum Gasteiger partial charge on any atom is 0.416 e. The normalized spacial score (nSPS) is 17.4. The molecule has 1 atom stereocenters. The third kappa shape index (κ3) is 3.12. The number of likely N-dealkylation sites (N-methyl/N-ethyl adjacent to an activating group) is 1. The molecule has 0 aliphatic carbocycles. The summed E-state index contributed by atoms with van der Waals surface area (Å²) in [5, 5.41) is 2.81. The fourth-order valence-corrected chi connectivity index (χ4v) is 2.37. The molecule has 0 saturated heterocycles. The van der Waals surface area contributed by atoms with E-state index in [1.807, 2.05) is 0 Å². The van der Waals surface area contributed by atoms with E-state index in [9.17, 15) is 17.6 Å². The molecule has 1 aromatic rings. The summed E-state index contributed by atoms with van der Waals surface area (Å²) in [6, 6.07) is 1.83. The molecule has 0 radical (unpaired) electrons. The van der Waals surface area contributed by atoms with Gasteiger partial charge >= 0.3 is 6.18 Å². The predicted octanol–water partition coefficient (Wildman–Crippen LogP) is 3.80. The van der Waals surface area contributed by atoms with Gasteiger partial charge in [0.05, 0.1) is 24.5 Å². The maximum atomic E-state index is 13.4. The largest absolute Gasteiger partial charge is 0.501 e. The maximum absolute atomic E-state index is 13.4. The molecule has 1 heterocycles. The molecule has 110 valence electrons. The average Bonchev–Trinajstić information content (AvgIpc) is 2.39. The Morgan fingerprint density at radius 3 is 2.60 bits per heavy atom. The molecule has 1 aliphatic heterocycles. The molecule has 1 unspecified atom stereocenters. The first-order chi connectivity index (χ1) is 9.43. The summed E-state index contributed by atoms with van der Waals surface area (Å²) in [5.74, 6) is -0.689. The van der Waals surface area contributed by atoms with Crippen LogP contribution in [0.15, 0.2) is 30.0 Å². The summed E-state index contributed by atoms with van der Waals surface area (Å²) in [5.41, 5.74) is -0.253. The van der Waals surface area contributed by atoms with E-state index in [2.05, 4.69) is 5.32 Å². The Labute approximate surface area is 114 Å². The van der Waals surface area contributed by atoms with Crippen LogP contribution in [0.1, 0.15) is 30.0 Å². The van der Waals surface area contributed by atoms with Gasteiger partial charge in [0, 0.05) is 0 Å². The first kappa shape index (κ1) is 14.8. The second kappa shape index (κ2) is 5.83. The molecule has 6 heteroatoms. The first-order valence-corrected chi connectivity index (χ1v) is 6.28. The van der Waals surface area contributed by atoms with Gasteiger partial charge in [0.1, 0.15) is 5.82 Å². The van der Waals surface area contributed by atoms with Crippen molar-refractivity contribution in [2.24, 2.45) is 0 Å². The van der Waals surface area contributed by atoms with Crippen molar-refractivity contribution >= 4 is 0 Å². The summed E-state index contributed by atoms with van der Waals surface area (Å²) < 4.78 is 57.6. The molecule has 20 heavy (non-hydrogen) atoms. The molecule has 0 amide bonds. The number of benzene rings is 1. The number of hydrogen-bond donors (Lipinski definition) is 1. The van der Waals surface area contributed by atoms with Crippen LogP contribution >= 0.6 is 0 Å². The van der Waals surface area contributed by atoms with Crippen LogP contribution in [-0.4, -0.2) is 13.7 Å². The van der Waals surface area contributed by atoms with Gasteiger partial charge in [-0.2, -0.15) is 13.2 Å². The summed E-state index contributed by atoms with van der Waals surface area (Å²) in [4.78, 5) is 0. The molecule has 0 spiro atoms. The smallest absolute Gasteiger partial charge is 0.416 e. The number of rotatable bonds is 3. The van der Waals surface area contributed by atoms with Crippen molar-refractivity contribution in [2.45, 2.75) is 25.1 Å². The fraction of sp³-hybridized carbons (Fsp3) is 0.429. The van der Waals surface area contributed by atoms with Crippen LogP contribution in [0.3, 0.4) is 0 Å². The second-order valence-electron chi connectivity index (χ2n) is 4.62. The van der Waals surface area contributed by atoms with Crippen molar-refractivity contribution in [3.63, 3.8) is 0 Å². The molecular weight excluding hydrogens is 274 g/mol. The highest BCUT2D eigenvalue weighted by atomic mass is 19.4. The number of ether oxygens (including phenoxy) is 1. The van der Waals surface area contributed by atoms with Gasteiger partial charge in [-0.3, -0.25) is 0 Å². The lowest BCUT2D eigenvalue weighted by molar-refractivity contribution is -0.138. The molecule has 2 rings (SSSR count). The third-order valence-corrected chi connectivity index (χ3v) is 3.25. The van der Waals surface area contributed by atoms with E-state index in [1.54, 1.807) is 7.05 Å². The Morgan fingerprint density at radius 2 is 2.05 bits per heavy atom. The Kier molecular flexibility index (Phi) is 4.32. The lowest BCUT2D eigenvalue weighted by atomic mass is 9.91. The van der Waals surface area contributed by atoms with Crippen LogP contribution in [0, 0.1) is 5.82 Å². The second-order valence-corrected chi connectivity index (χ2v) is 4.62. The van der Waals surface area contributed by atoms with Gasteiger partial charge in [-0.15, -0.1) is 0 Å². The minimum absolute atomic E-state index is 0.114. The summed E-state index contributed by atoms with van der Waals surface area (Å²) in [6.45, 7) is 0.551. The predicted molar refractivity (Wildman–Crippen MR) is 66.5 cm³/mol. The van der Waals surface area contributed by atoms with Crippen molar-refractivity contribution in [1.29, 1.82) is 0 Å². The standard InChI is InChI=1S/C14H15F4NO/c1-19-13(9-3-2-6-20-8-9)11-7-10(15)4-5-12(11)14(16,17)18/h4-5,7-8,13,19H,2-3,6H2,1H3. The van der Waals surface area contributed by atoms with E-state index in [4.69, 9.17) is 4.74 Å². The van der Waals surface area contributed by atoms with Gasteiger partial charge in [0.25, 0.3) is 0 Å². The Hall–Kier alpha value is -1.56. The zero-order valence-electron chi connectivity index (χ0n) is 10.9. The van der Waals surface area contributed by atoms with Crippen LogP contribution in [0.25, 0.3) is 0 Å².